The van der Waals surface area contributed by atoms with Gasteiger partial charge in [-0.15, -0.1) is 5.10 Å². The van der Waals surface area contributed by atoms with Crippen molar-refractivity contribution in [2.75, 3.05) is 6.61 Å². The van der Waals surface area contributed by atoms with Crippen molar-refractivity contribution in [2.24, 2.45) is 0 Å². The summed E-state index contributed by atoms with van der Waals surface area (Å²) in [6.07, 6.45) is -2.58. The van der Waals surface area contributed by atoms with Gasteiger partial charge in [0.2, 0.25) is 5.85 Å². The molecule has 4 rings (SSSR count). The molecule has 218 valence electrons. The Morgan fingerprint density at radius 3 is 2.33 bits per heavy atom. The fourth-order valence-electron chi connectivity index (χ4n) is 4.70. The second-order valence-electron chi connectivity index (χ2n) is 10.7. The summed E-state index contributed by atoms with van der Waals surface area (Å²) >= 11 is 0. The highest BCUT2D eigenvalue weighted by Crippen LogP contribution is 2.45. The van der Waals surface area contributed by atoms with Gasteiger partial charge in [-0.05, 0) is 47.0 Å². The summed E-state index contributed by atoms with van der Waals surface area (Å²) in [5.41, 5.74) is 0.750. The molecule has 0 bridgehead atoms. The van der Waals surface area contributed by atoms with Crippen molar-refractivity contribution in [3.63, 3.8) is 0 Å². The molecule has 1 saturated carbocycles. The van der Waals surface area contributed by atoms with E-state index in [0.29, 0.717) is 17.6 Å². The number of aliphatic hydroxyl groups excluding tert-OH is 2. The lowest BCUT2D eigenvalue weighted by Gasteiger charge is -2.30. The van der Waals surface area contributed by atoms with Crippen LogP contribution in [0.3, 0.4) is 0 Å². The summed E-state index contributed by atoms with van der Waals surface area (Å²) in [7, 11) is -3.82. The van der Waals surface area contributed by atoms with E-state index in [1.54, 1.807) is 32.4 Å². The lowest BCUT2D eigenvalue weighted by Crippen LogP contribution is -2.43. The van der Waals surface area contributed by atoms with Gasteiger partial charge in [0.25, 0.3) is 13.0 Å². The summed E-state index contributed by atoms with van der Waals surface area (Å²) in [5.74, 6) is -3.29. The predicted molar refractivity (Wildman–Crippen MR) is 139 cm³/mol. The van der Waals surface area contributed by atoms with Crippen molar-refractivity contribution < 1.29 is 34.2 Å². The Labute approximate surface area is 225 Å². The maximum absolute atomic E-state index is 13.6. The van der Waals surface area contributed by atoms with Crippen molar-refractivity contribution in [3.05, 3.63) is 16.0 Å². The molecule has 16 heteroatoms. The van der Waals surface area contributed by atoms with Crippen LogP contribution in [0, 0.1) is 0 Å². The van der Waals surface area contributed by atoms with Crippen molar-refractivity contribution in [3.8, 4) is 0 Å². The van der Waals surface area contributed by atoms with Crippen LogP contribution in [0.2, 0.25) is 0 Å². The van der Waals surface area contributed by atoms with E-state index in [2.05, 4.69) is 25.6 Å². The van der Waals surface area contributed by atoms with Gasteiger partial charge in [0.1, 0.15) is 23.8 Å². The van der Waals surface area contributed by atoms with Crippen LogP contribution < -0.4 is 15.7 Å². The largest absolute Gasteiger partial charge is 0.479 e. The molecular weight excluding hydrogens is 533 g/mol. The van der Waals surface area contributed by atoms with Crippen molar-refractivity contribution >= 4 is 24.4 Å². The van der Waals surface area contributed by atoms with Crippen LogP contribution >= 0.6 is 7.44 Å². The van der Waals surface area contributed by atoms with Gasteiger partial charge in [-0.1, -0.05) is 18.6 Å². The molecular formula is C23H38N7O8P. The number of rotatable bonds is 13. The first-order valence-electron chi connectivity index (χ1n) is 13.3. The number of aliphatic carboxylic acids is 1. The topological polar surface area (TPSA) is 203 Å². The third kappa shape index (κ3) is 6.09. The Bertz CT molecular complexity index is 1280. The number of nitrogens with zero attached hydrogens (tertiary/aromatic N) is 5. The van der Waals surface area contributed by atoms with Crippen LogP contribution in [0.25, 0.3) is 11.0 Å². The Morgan fingerprint density at radius 1 is 1.15 bits per heavy atom. The highest BCUT2D eigenvalue weighted by molar-refractivity contribution is 7.61. The van der Waals surface area contributed by atoms with Gasteiger partial charge in [-0.3, -0.25) is 14.0 Å². The molecule has 0 aromatic carbocycles. The maximum atomic E-state index is 13.6. The third-order valence-electron chi connectivity index (χ3n) is 6.42. The third-order valence-corrected chi connectivity index (χ3v) is 9.25. The van der Waals surface area contributed by atoms with Gasteiger partial charge in [-0.25, -0.2) is 15.0 Å². The minimum absolute atomic E-state index is 0.0900. The second-order valence-corrected chi connectivity index (χ2v) is 13.0. The number of hydrogen-bond acceptors (Lipinski definition) is 10. The van der Waals surface area contributed by atoms with Crippen molar-refractivity contribution in [1.29, 1.82) is 0 Å². The Morgan fingerprint density at radius 2 is 1.79 bits per heavy atom. The van der Waals surface area contributed by atoms with Crippen LogP contribution in [0.5, 0.6) is 0 Å². The number of aryl methyl sites for hydroxylation is 1. The Hall–Kier alpha value is -2.26. The zero-order valence-electron chi connectivity index (χ0n) is 22.7. The number of carboxylic acids is 1. The molecule has 2 aromatic heterocycles. The molecule has 5 unspecified atom stereocenters. The average Bonchev–Trinajstić information content (AvgIpc) is 3.56. The summed E-state index contributed by atoms with van der Waals surface area (Å²) in [6, 6.07) is -0.559. The predicted octanol–water partition coefficient (Wildman–Crippen LogP) is 0.511. The van der Waals surface area contributed by atoms with Gasteiger partial charge < -0.3 is 24.8 Å². The number of aliphatic hydroxyl groups is 2. The molecule has 5 N–H and O–H groups in total. The average molecular weight is 572 g/mol. The Kier molecular flexibility index (Phi) is 8.91. The van der Waals surface area contributed by atoms with Gasteiger partial charge >= 0.3 is 5.97 Å². The molecule has 0 amide bonds. The van der Waals surface area contributed by atoms with E-state index in [-0.39, 0.29) is 23.6 Å². The fraction of sp³-hybridized carbons (Fsp3) is 0.783. The maximum Gasteiger partial charge on any atom is 0.343 e. The van der Waals surface area contributed by atoms with Crippen LogP contribution in [0.4, 0.5) is 0 Å². The first-order valence-corrected chi connectivity index (χ1v) is 15.0. The highest BCUT2D eigenvalue weighted by Gasteiger charge is 2.48. The molecule has 2 aromatic rings. The van der Waals surface area contributed by atoms with Crippen LogP contribution in [-0.2, 0) is 25.3 Å². The lowest BCUT2D eigenvalue weighted by molar-refractivity contribution is -0.148. The molecule has 39 heavy (non-hydrogen) atoms. The molecule has 1 aliphatic heterocycles. The zero-order valence-corrected chi connectivity index (χ0v) is 23.6. The lowest BCUT2D eigenvalue weighted by atomic mass is 10.1. The van der Waals surface area contributed by atoms with Gasteiger partial charge in [-0.2, -0.15) is 9.78 Å². The van der Waals surface area contributed by atoms with E-state index in [1.807, 2.05) is 6.92 Å². The Balaban J connectivity index is 1.58. The van der Waals surface area contributed by atoms with Crippen molar-refractivity contribution in [1.82, 2.24) is 34.9 Å². The summed E-state index contributed by atoms with van der Waals surface area (Å²) in [4.78, 5) is 25.6. The first kappa shape index (κ1) is 29.7. The number of nitrogens with one attached hydrogen (secondary N) is 2. The monoisotopic (exact) mass is 571 g/mol. The molecule has 5 atom stereocenters. The van der Waals surface area contributed by atoms with Crippen LogP contribution in [0.15, 0.2) is 4.79 Å². The van der Waals surface area contributed by atoms with Gasteiger partial charge in [0, 0.05) is 12.1 Å². The van der Waals surface area contributed by atoms with Crippen molar-refractivity contribution in [2.45, 2.75) is 109 Å². The number of hydrogen-bond donors (Lipinski definition) is 5. The molecule has 2 fully saturated rings. The van der Waals surface area contributed by atoms with E-state index in [9.17, 15) is 29.5 Å². The summed E-state index contributed by atoms with van der Waals surface area (Å²) in [6.45, 7) is 8.33. The number of aromatic nitrogens is 5. The quantitative estimate of drug-likeness (QED) is 0.208. The number of ether oxygens (including phenoxy) is 2. The van der Waals surface area contributed by atoms with Crippen LogP contribution in [0.1, 0.15) is 71.8 Å². The highest BCUT2D eigenvalue weighted by atomic mass is 31.2. The SMILES string of the molecule is CCCc1nn(C2CC2)c2c(=O)n(C3OC(COC(C(=O)O)P(=O)(NC(C)C)NC(C)C)C(O)C3O)nnc12. The molecule has 0 spiro atoms. The molecule has 3 heterocycles. The number of carbonyl (C=O) groups is 1. The van der Waals surface area contributed by atoms with Gasteiger partial charge in [0.05, 0.1) is 18.3 Å². The normalized spacial score (nSPS) is 24.7. The van der Waals surface area contributed by atoms with E-state index in [1.165, 1.54) is 0 Å². The minimum atomic E-state index is -3.82. The zero-order chi connectivity index (χ0) is 28.6. The van der Waals surface area contributed by atoms with E-state index in [4.69, 9.17) is 9.47 Å². The summed E-state index contributed by atoms with van der Waals surface area (Å²) < 4.78 is 27.4. The van der Waals surface area contributed by atoms with Crippen LogP contribution in [-0.4, -0.2) is 88.9 Å². The molecule has 15 nitrogen and oxygen atoms in total. The van der Waals surface area contributed by atoms with Gasteiger partial charge in [0.15, 0.2) is 11.7 Å². The molecule has 1 saturated heterocycles. The standard InChI is InChI=1S/C23H38N7O8P/c1-6-7-14-16-17(29(25-14)13-8-9-13)20(33)30(28-24-16)21-19(32)18(31)15(38-21)10-37-23(22(34)35)39(36,26-11(2)3)27-12(4)5/h11-13,15,18-19,21,23,31-32H,6-10H2,1-5H3,(H,34,35)(H2,26,27,36). The van der Waals surface area contributed by atoms with E-state index < -0.39 is 56.0 Å². The smallest absolute Gasteiger partial charge is 0.343 e. The number of carboxylic acid groups (broad SMARTS) is 1. The first-order chi connectivity index (χ1) is 18.4. The second kappa shape index (κ2) is 11.7. The summed E-state index contributed by atoms with van der Waals surface area (Å²) in [5, 5.41) is 49.5. The fourth-order valence-corrected chi connectivity index (χ4v) is 7.19. The van der Waals surface area contributed by atoms with E-state index in [0.717, 1.165) is 23.9 Å². The number of fused-ring (bicyclic) bond motifs is 1. The van der Waals surface area contributed by atoms with E-state index >= 15 is 0 Å². The molecule has 0 radical (unpaired) electrons. The molecule has 1 aliphatic carbocycles. The minimum Gasteiger partial charge on any atom is -0.479 e. The molecule has 2 aliphatic rings.